The molecule has 2 N–H and O–H groups in total. The zero-order valence-corrected chi connectivity index (χ0v) is 10.9. The number of ether oxygens (including phenoxy) is 2. The summed E-state index contributed by atoms with van der Waals surface area (Å²) in [6, 6.07) is 9.07. The number of benzene rings is 2. The molecule has 21 heavy (non-hydrogen) atoms. The molecule has 0 fully saturated rings. The standard InChI is InChI=1S/C15H11FN2O3/c16-8-1-3-10-11(5-8)18-15(19)14(10)17-9-2-4-12-13(6-9)21-7-20-12/h1-6,14,17H,7H2,(H,18,19). The molecule has 0 bridgehead atoms. The lowest BCUT2D eigenvalue weighted by atomic mass is 10.1. The van der Waals surface area contributed by atoms with Gasteiger partial charge in [-0.05, 0) is 24.3 Å². The number of amides is 1. The first-order chi connectivity index (χ1) is 10.2. The molecule has 0 aliphatic carbocycles. The van der Waals surface area contributed by atoms with Crippen molar-refractivity contribution >= 4 is 17.3 Å². The molecule has 2 aromatic carbocycles. The first kappa shape index (κ1) is 12.0. The first-order valence-corrected chi connectivity index (χ1v) is 6.47. The lowest BCUT2D eigenvalue weighted by Gasteiger charge is -2.13. The number of halogens is 1. The van der Waals surface area contributed by atoms with Gasteiger partial charge in [0, 0.05) is 23.0 Å². The van der Waals surface area contributed by atoms with Crippen molar-refractivity contribution in [3.05, 3.63) is 47.8 Å². The van der Waals surface area contributed by atoms with Gasteiger partial charge in [0.05, 0.1) is 0 Å². The molecule has 0 spiro atoms. The lowest BCUT2D eigenvalue weighted by Crippen LogP contribution is -2.19. The number of carbonyl (C=O) groups excluding carboxylic acids is 1. The minimum Gasteiger partial charge on any atom is -0.454 e. The molecule has 0 aromatic heterocycles. The number of nitrogens with one attached hydrogen (secondary N) is 2. The summed E-state index contributed by atoms with van der Waals surface area (Å²) >= 11 is 0. The number of carbonyl (C=O) groups is 1. The van der Waals surface area contributed by atoms with Gasteiger partial charge in [-0.1, -0.05) is 6.07 Å². The van der Waals surface area contributed by atoms with Crippen LogP contribution in [0.5, 0.6) is 11.5 Å². The van der Waals surface area contributed by atoms with Crippen molar-refractivity contribution in [3.8, 4) is 11.5 Å². The van der Waals surface area contributed by atoms with Crippen LogP contribution in [0.2, 0.25) is 0 Å². The van der Waals surface area contributed by atoms with Crippen molar-refractivity contribution in [2.75, 3.05) is 17.4 Å². The van der Waals surface area contributed by atoms with Crippen LogP contribution in [0, 0.1) is 5.82 Å². The maximum Gasteiger partial charge on any atom is 0.251 e. The SMILES string of the molecule is O=C1Nc2cc(F)ccc2C1Nc1ccc2c(c1)OCO2. The summed E-state index contributed by atoms with van der Waals surface area (Å²) in [6.45, 7) is 0.199. The Hall–Kier alpha value is -2.76. The number of fused-ring (bicyclic) bond motifs is 2. The third-order valence-electron chi connectivity index (χ3n) is 3.53. The zero-order chi connectivity index (χ0) is 14.4. The first-order valence-electron chi connectivity index (χ1n) is 6.47. The summed E-state index contributed by atoms with van der Waals surface area (Å²) in [5.74, 6) is 0.725. The van der Waals surface area contributed by atoms with Gasteiger partial charge >= 0.3 is 0 Å². The monoisotopic (exact) mass is 286 g/mol. The highest BCUT2D eigenvalue weighted by atomic mass is 19.1. The van der Waals surface area contributed by atoms with Gasteiger partial charge < -0.3 is 20.1 Å². The van der Waals surface area contributed by atoms with Crippen molar-refractivity contribution < 1.29 is 18.7 Å². The predicted octanol–water partition coefficient (Wildman–Crippen LogP) is 2.66. The highest BCUT2D eigenvalue weighted by Gasteiger charge is 2.31. The number of anilines is 2. The van der Waals surface area contributed by atoms with E-state index >= 15 is 0 Å². The maximum absolute atomic E-state index is 13.2. The Morgan fingerprint density at radius 1 is 1.14 bits per heavy atom. The lowest BCUT2D eigenvalue weighted by molar-refractivity contribution is -0.116. The average Bonchev–Trinajstić information content (AvgIpc) is 3.03. The predicted molar refractivity (Wildman–Crippen MR) is 74.0 cm³/mol. The molecular weight excluding hydrogens is 275 g/mol. The Kier molecular flexibility index (Phi) is 2.50. The molecule has 0 radical (unpaired) electrons. The van der Waals surface area contributed by atoms with Gasteiger partial charge in [-0.2, -0.15) is 0 Å². The summed E-state index contributed by atoms with van der Waals surface area (Å²) < 4.78 is 23.7. The normalized spacial score (nSPS) is 18.3. The van der Waals surface area contributed by atoms with E-state index in [2.05, 4.69) is 10.6 Å². The van der Waals surface area contributed by atoms with E-state index in [1.807, 2.05) is 6.07 Å². The molecule has 2 aromatic rings. The zero-order valence-electron chi connectivity index (χ0n) is 10.9. The Morgan fingerprint density at radius 2 is 2.00 bits per heavy atom. The van der Waals surface area contributed by atoms with E-state index in [0.29, 0.717) is 17.2 Å². The van der Waals surface area contributed by atoms with Crippen LogP contribution >= 0.6 is 0 Å². The average molecular weight is 286 g/mol. The van der Waals surface area contributed by atoms with Gasteiger partial charge in [-0.15, -0.1) is 0 Å². The second kappa shape index (κ2) is 4.37. The molecule has 5 nitrogen and oxygen atoms in total. The molecule has 2 aliphatic rings. The van der Waals surface area contributed by atoms with Crippen molar-refractivity contribution in [2.45, 2.75) is 6.04 Å². The van der Waals surface area contributed by atoms with Crippen LogP contribution in [-0.4, -0.2) is 12.7 Å². The molecular formula is C15H11FN2O3. The van der Waals surface area contributed by atoms with Crippen LogP contribution in [0.3, 0.4) is 0 Å². The van der Waals surface area contributed by atoms with Crippen LogP contribution in [0.15, 0.2) is 36.4 Å². The van der Waals surface area contributed by atoms with Crippen LogP contribution in [0.25, 0.3) is 0 Å². The summed E-state index contributed by atoms with van der Waals surface area (Å²) in [7, 11) is 0. The van der Waals surface area contributed by atoms with Gasteiger partial charge in [0.15, 0.2) is 11.5 Å². The molecule has 106 valence electrons. The van der Waals surface area contributed by atoms with Crippen LogP contribution in [0.1, 0.15) is 11.6 Å². The van der Waals surface area contributed by atoms with Gasteiger partial charge in [0.2, 0.25) is 6.79 Å². The fourth-order valence-corrected chi connectivity index (χ4v) is 2.53. The van der Waals surface area contributed by atoms with Crippen molar-refractivity contribution in [1.29, 1.82) is 0 Å². The number of hydrogen-bond acceptors (Lipinski definition) is 4. The minimum absolute atomic E-state index is 0.199. The Labute approximate surface area is 119 Å². The molecule has 4 rings (SSSR count). The summed E-state index contributed by atoms with van der Waals surface area (Å²) in [5, 5.41) is 5.79. The summed E-state index contributed by atoms with van der Waals surface area (Å²) in [5.41, 5.74) is 1.95. The summed E-state index contributed by atoms with van der Waals surface area (Å²) in [6.07, 6.45) is 0. The van der Waals surface area contributed by atoms with E-state index in [0.717, 1.165) is 11.3 Å². The third-order valence-corrected chi connectivity index (χ3v) is 3.53. The maximum atomic E-state index is 13.2. The molecule has 0 saturated heterocycles. The van der Waals surface area contributed by atoms with Crippen molar-refractivity contribution in [1.82, 2.24) is 0 Å². The van der Waals surface area contributed by atoms with E-state index in [1.165, 1.54) is 12.1 Å². The van der Waals surface area contributed by atoms with E-state index in [4.69, 9.17) is 9.47 Å². The van der Waals surface area contributed by atoms with E-state index in [1.54, 1.807) is 18.2 Å². The summed E-state index contributed by atoms with van der Waals surface area (Å²) in [4.78, 5) is 12.0. The third kappa shape index (κ3) is 1.96. The van der Waals surface area contributed by atoms with Crippen LogP contribution in [-0.2, 0) is 4.79 Å². The fourth-order valence-electron chi connectivity index (χ4n) is 2.53. The van der Waals surface area contributed by atoms with Gasteiger partial charge in [0.25, 0.3) is 5.91 Å². The molecule has 1 amide bonds. The second-order valence-corrected chi connectivity index (χ2v) is 4.87. The fraction of sp³-hybridized carbons (Fsp3) is 0.133. The van der Waals surface area contributed by atoms with Crippen LogP contribution in [0.4, 0.5) is 15.8 Å². The molecule has 0 saturated carbocycles. The quantitative estimate of drug-likeness (QED) is 0.891. The van der Waals surface area contributed by atoms with Gasteiger partial charge in [-0.25, -0.2) is 4.39 Å². The number of rotatable bonds is 2. The molecule has 1 unspecified atom stereocenters. The van der Waals surface area contributed by atoms with E-state index in [-0.39, 0.29) is 18.5 Å². The smallest absolute Gasteiger partial charge is 0.251 e. The van der Waals surface area contributed by atoms with Gasteiger partial charge in [-0.3, -0.25) is 4.79 Å². The van der Waals surface area contributed by atoms with Crippen molar-refractivity contribution in [2.24, 2.45) is 0 Å². The second-order valence-electron chi connectivity index (χ2n) is 4.87. The van der Waals surface area contributed by atoms with E-state index in [9.17, 15) is 9.18 Å². The van der Waals surface area contributed by atoms with Crippen molar-refractivity contribution in [3.63, 3.8) is 0 Å². The molecule has 2 aliphatic heterocycles. The largest absolute Gasteiger partial charge is 0.454 e. The molecule has 6 heteroatoms. The Morgan fingerprint density at radius 3 is 2.90 bits per heavy atom. The van der Waals surface area contributed by atoms with E-state index < -0.39 is 6.04 Å². The molecule has 1 atom stereocenters. The van der Waals surface area contributed by atoms with Gasteiger partial charge in [0.1, 0.15) is 11.9 Å². The Balaban J connectivity index is 1.64. The topological polar surface area (TPSA) is 59.6 Å². The minimum atomic E-state index is -0.555. The highest BCUT2D eigenvalue weighted by Crippen LogP contribution is 2.37. The Bertz CT molecular complexity index is 748. The number of hydrogen-bond donors (Lipinski definition) is 2. The highest BCUT2D eigenvalue weighted by molar-refractivity contribution is 6.04. The molecule has 2 heterocycles. The van der Waals surface area contributed by atoms with Crippen LogP contribution < -0.4 is 20.1 Å².